The molecule has 4 heteroatoms. The topological polar surface area (TPSA) is 35.1 Å². The third kappa shape index (κ3) is 1.93. The van der Waals surface area contributed by atoms with Crippen molar-refractivity contribution in [1.29, 1.82) is 0 Å². The van der Waals surface area contributed by atoms with E-state index in [9.17, 15) is 4.79 Å². The van der Waals surface area contributed by atoms with Crippen LogP contribution in [0.4, 0.5) is 0 Å². The fraction of sp³-hybridized carbons (Fsp3) is 0.0714. The molecule has 0 aliphatic heterocycles. The minimum absolute atomic E-state index is 0.0487. The van der Waals surface area contributed by atoms with Gasteiger partial charge in [-0.15, -0.1) is 0 Å². The lowest BCUT2D eigenvalue weighted by Gasteiger charge is -2.03. The first kappa shape index (κ1) is 11.1. The van der Waals surface area contributed by atoms with Gasteiger partial charge in [0.15, 0.2) is 5.76 Å². The number of rotatable bonds is 3. The molecule has 0 saturated carbocycles. The van der Waals surface area contributed by atoms with Crippen LogP contribution in [0.1, 0.15) is 10.6 Å². The Labute approximate surface area is 109 Å². The number of Topliss-reactive ketones (excluding diaryl/α,β-unsaturated/α-hetero) is 1. The van der Waals surface area contributed by atoms with Crippen LogP contribution in [0.3, 0.4) is 0 Å². The van der Waals surface area contributed by atoms with Gasteiger partial charge in [0.25, 0.3) is 0 Å². The zero-order chi connectivity index (χ0) is 12.5. The van der Waals surface area contributed by atoms with Crippen LogP contribution in [-0.2, 0) is 6.54 Å². The molecule has 0 saturated heterocycles. The molecule has 90 valence electrons. The standard InChI is InChI=1S/C14H10ClNO2/c15-11-3-4-12-10(8-11)5-6-16(12)9-13(17)14-2-1-7-18-14/h1-8H,9H2. The van der Waals surface area contributed by atoms with Crippen LogP contribution in [0.15, 0.2) is 53.3 Å². The zero-order valence-corrected chi connectivity index (χ0v) is 10.2. The number of furan rings is 1. The Morgan fingerprint density at radius 2 is 2.17 bits per heavy atom. The summed E-state index contributed by atoms with van der Waals surface area (Å²) in [5.74, 6) is 0.332. The average Bonchev–Trinajstić information content (AvgIpc) is 2.98. The van der Waals surface area contributed by atoms with E-state index in [0.717, 1.165) is 10.9 Å². The second-order valence-corrected chi connectivity index (χ2v) is 4.48. The van der Waals surface area contributed by atoms with Crippen LogP contribution in [0.2, 0.25) is 5.02 Å². The van der Waals surface area contributed by atoms with Crippen molar-refractivity contribution in [2.24, 2.45) is 0 Å². The fourth-order valence-corrected chi connectivity index (χ4v) is 2.16. The molecule has 0 N–H and O–H groups in total. The minimum Gasteiger partial charge on any atom is -0.461 e. The Morgan fingerprint density at radius 3 is 2.94 bits per heavy atom. The summed E-state index contributed by atoms with van der Waals surface area (Å²) in [7, 11) is 0. The Balaban J connectivity index is 1.94. The molecule has 3 aromatic rings. The second-order valence-electron chi connectivity index (χ2n) is 4.05. The summed E-state index contributed by atoms with van der Waals surface area (Å²) in [5.41, 5.74) is 0.985. The Kier molecular flexibility index (Phi) is 2.68. The summed E-state index contributed by atoms with van der Waals surface area (Å²) in [5, 5.41) is 1.72. The first-order valence-electron chi connectivity index (χ1n) is 5.55. The molecule has 0 bridgehead atoms. The summed E-state index contributed by atoms with van der Waals surface area (Å²) in [6, 6.07) is 10.9. The summed E-state index contributed by atoms with van der Waals surface area (Å²) in [4.78, 5) is 11.9. The number of aromatic nitrogens is 1. The number of hydrogen-bond acceptors (Lipinski definition) is 2. The predicted molar refractivity (Wildman–Crippen MR) is 70.0 cm³/mol. The molecule has 0 fully saturated rings. The summed E-state index contributed by atoms with van der Waals surface area (Å²) in [6.45, 7) is 0.263. The van der Waals surface area contributed by atoms with Gasteiger partial charge in [0.2, 0.25) is 5.78 Å². The molecule has 0 spiro atoms. The fourth-order valence-electron chi connectivity index (χ4n) is 1.98. The van der Waals surface area contributed by atoms with Gasteiger partial charge in [-0.25, -0.2) is 0 Å². The van der Waals surface area contributed by atoms with Crippen LogP contribution < -0.4 is 0 Å². The summed E-state index contributed by atoms with van der Waals surface area (Å²) in [6.07, 6.45) is 3.38. The van der Waals surface area contributed by atoms with E-state index in [-0.39, 0.29) is 12.3 Å². The van der Waals surface area contributed by atoms with Crippen molar-refractivity contribution < 1.29 is 9.21 Å². The van der Waals surface area contributed by atoms with E-state index in [1.165, 1.54) is 6.26 Å². The second kappa shape index (κ2) is 4.35. The summed E-state index contributed by atoms with van der Waals surface area (Å²) >= 11 is 5.92. The molecule has 3 nitrogen and oxygen atoms in total. The van der Waals surface area contributed by atoms with Crippen LogP contribution >= 0.6 is 11.6 Å². The molecule has 2 aromatic heterocycles. The molecule has 3 rings (SSSR count). The molecule has 0 aliphatic carbocycles. The van der Waals surface area contributed by atoms with E-state index in [0.29, 0.717) is 10.8 Å². The van der Waals surface area contributed by atoms with Gasteiger partial charge in [-0.1, -0.05) is 11.6 Å². The van der Waals surface area contributed by atoms with E-state index in [2.05, 4.69) is 0 Å². The number of carbonyl (C=O) groups excluding carboxylic acids is 1. The summed E-state index contributed by atoms with van der Waals surface area (Å²) < 4.78 is 6.98. The van der Waals surface area contributed by atoms with Crippen LogP contribution in [-0.4, -0.2) is 10.4 Å². The molecule has 18 heavy (non-hydrogen) atoms. The predicted octanol–water partition coefficient (Wildman–Crippen LogP) is 3.77. The molecule has 0 unspecified atom stereocenters. The van der Waals surface area contributed by atoms with E-state index >= 15 is 0 Å². The highest BCUT2D eigenvalue weighted by atomic mass is 35.5. The number of halogens is 1. The van der Waals surface area contributed by atoms with Gasteiger partial charge in [0.05, 0.1) is 12.8 Å². The maximum Gasteiger partial charge on any atom is 0.217 e. The number of fused-ring (bicyclic) bond motifs is 1. The molecular formula is C14H10ClNO2. The van der Waals surface area contributed by atoms with Gasteiger partial charge in [-0.2, -0.15) is 0 Å². The Morgan fingerprint density at radius 1 is 1.28 bits per heavy atom. The molecule has 1 aromatic carbocycles. The molecule has 0 atom stereocenters. The smallest absolute Gasteiger partial charge is 0.217 e. The largest absolute Gasteiger partial charge is 0.461 e. The van der Waals surface area contributed by atoms with E-state index < -0.39 is 0 Å². The number of hydrogen-bond donors (Lipinski definition) is 0. The lowest BCUT2D eigenvalue weighted by atomic mass is 10.2. The van der Waals surface area contributed by atoms with E-state index in [1.54, 1.807) is 12.1 Å². The Hall–Kier alpha value is -2.00. The van der Waals surface area contributed by atoms with E-state index in [4.69, 9.17) is 16.0 Å². The van der Waals surface area contributed by atoms with Gasteiger partial charge in [-0.05, 0) is 36.4 Å². The number of nitrogens with zero attached hydrogens (tertiary/aromatic N) is 1. The lowest BCUT2D eigenvalue weighted by Crippen LogP contribution is -2.08. The lowest BCUT2D eigenvalue weighted by molar-refractivity contribution is 0.0946. The SMILES string of the molecule is O=C(Cn1ccc2cc(Cl)ccc21)c1ccco1. The van der Waals surface area contributed by atoms with Gasteiger partial charge in [0.1, 0.15) is 0 Å². The highest BCUT2D eigenvalue weighted by molar-refractivity contribution is 6.31. The van der Waals surface area contributed by atoms with Gasteiger partial charge >= 0.3 is 0 Å². The zero-order valence-electron chi connectivity index (χ0n) is 9.47. The normalized spacial score (nSPS) is 10.9. The van der Waals surface area contributed by atoms with Crippen molar-refractivity contribution in [2.45, 2.75) is 6.54 Å². The molecule has 0 aliphatic rings. The van der Waals surface area contributed by atoms with E-state index in [1.807, 2.05) is 35.0 Å². The highest BCUT2D eigenvalue weighted by Crippen LogP contribution is 2.20. The average molecular weight is 260 g/mol. The maximum atomic E-state index is 11.9. The van der Waals surface area contributed by atoms with Crippen molar-refractivity contribution in [3.8, 4) is 0 Å². The van der Waals surface area contributed by atoms with Crippen LogP contribution in [0.5, 0.6) is 0 Å². The van der Waals surface area contributed by atoms with Crippen molar-refractivity contribution in [3.63, 3.8) is 0 Å². The monoisotopic (exact) mass is 259 g/mol. The third-order valence-corrected chi connectivity index (χ3v) is 3.08. The van der Waals surface area contributed by atoms with Crippen molar-refractivity contribution in [2.75, 3.05) is 0 Å². The van der Waals surface area contributed by atoms with Crippen LogP contribution in [0, 0.1) is 0 Å². The first-order valence-corrected chi connectivity index (χ1v) is 5.93. The van der Waals surface area contributed by atoms with Crippen molar-refractivity contribution >= 4 is 28.3 Å². The van der Waals surface area contributed by atoms with Gasteiger partial charge in [0, 0.05) is 22.1 Å². The minimum atomic E-state index is -0.0487. The quantitative estimate of drug-likeness (QED) is 0.671. The Bertz CT molecular complexity index is 698. The number of carbonyl (C=O) groups is 1. The first-order chi connectivity index (χ1) is 8.74. The molecule has 0 amide bonds. The van der Waals surface area contributed by atoms with Crippen molar-refractivity contribution in [3.05, 3.63) is 59.6 Å². The highest BCUT2D eigenvalue weighted by Gasteiger charge is 2.11. The van der Waals surface area contributed by atoms with Gasteiger partial charge < -0.3 is 8.98 Å². The number of benzene rings is 1. The van der Waals surface area contributed by atoms with Crippen LogP contribution in [0.25, 0.3) is 10.9 Å². The van der Waals surface area contributed by atoms with Crippen molar-refractivity contribution in [1.82, 2.24) is 4.57 Å². The van der Waals surface area contributed by atoms with Gasteiger partial charge in [-0.3, -0.25) is 4.79 Å². The molecule has 2 heterocycles. The maximum absolute atomic E-state index is 11.9. The molecular weight excluding hydrogens is 250 g/mol. The number of ketones is 1. The molecule has 0 radical (unpaired) electrons. The third-order valence-electron chi connectivity index (χ3n) is 2.84.